The van der Waals surface area contributed by atoms with E-state index in [0.29, 0.717) is 0 Å². The van der Waals surface area contributed by atoms with Gasteiger partial charge in [0.2, 0.25) is 0 Å². The predicted octanol–water partition coefficient (Wildman–Crippen LogP) is 4.07. The van der Waals surface area contributed by atoms with Crippen molar-refractivity contribution in [3.63, 3.8) is 0 Å². The second-order valence-electron chi connectivity index (χ2n) is 2.50. The molecule has 0 saturated heterocycles. The molecule has 1 heterocycles. The lowest BCUT2D eigenvalue weighted by atomic mass is 10.2. The summed E-state index contributed by atoms with van der Waals surface area (Å²) in [4.78, 5) is 1.22. The van der Waals surface area contributed by atoms with Crippen molar-refractivity contribution < 1.29 is 0 Å². The van der Waals surface area contributed by atoms with Crippen molar-refractivity contribution >= 4 is 22.9 Å². The van der Waals surface area contributed by atoms with E-state index in [2.05, 4.69) is 12.1 Å². The van der Waals surface area contributed by atoms with Gasteiger partial charge in [-0.1, -0.05) is 41.9 Å². The van der Waals surface area contributed by atoms with Gasteiger partial charge in [0.1, 0.15) is 0 Å². The monoisotopic (exact) mass is 194 g/mol. The number of benzene rings is 1. The second-order valence-corrected chi connectivity index (χ2v) is 3.84. The van der Waals surface area contributed by atoms with Crippen molar-refractivity contribution in [3.05, 3.63) is 46.8 Å². The van der Waals surface area contributed by atoms with Gasteiger partial charge in [0.05, 0.1) is 5.02 Å². The zero-order valence-electron chi connectivity index (χ0n) is 6.33. The number of thiophene rings is 1. The molecule has 0 saturated carbocycles. The average Bonchev–Trinajstić information content (AvgIpc) is 2.54. The molecule has 1 aromatic carbocycles. The summed E-state index contributed by atoms with van der Waals surface area (Å²) < 4.78 is 0. The van der Waals surface area contributed by atoms with Crippen LogP contribution in [0.25, 0.3) is 10.4 Å². The van der Waals surface area contributed by atoms with Crippen LogP contribution in [0.1, 0.15) is 0 Å². The predicted molar refractivity (Wildman–Crippen MR) is 54.8 cm³/mol. The molecule has 0 N–H and O–H groups in total. The molecular formula is C10H7ClS. The maximum atomic E-state index is 5.82. The molecule has 0 aliphatic heterocycles. The zero-order chi connectivity index (χ0) is 8.39. The summed E-state index contributed by atoms with van der Waals surface area (Å²) in [5, 5.41) is 2.77. The Labute approximate surface area is 80.4 Å². The van der Waals surface area contributed by atoms with Gasteiger partial charge in [-0.25, -0.2) is 0 Å². The molecule has 0 spiro atoms. The van der Waals surface area contributed by atoms with Crippen LogP contribution in [0.4, 0.5) is 0 Å². The van der Waals surface area contributed by atoms with Gasteiger partial charge >= 0.3 is 0 Å². The molecule has 2 heteroatoms. The normalized spacial score (nSPS) is 10.1. The maximum absolute atomic E-state index is 5.82. The quantitative estimate of drug-likeness (QED) is 0.642. The van der Waals surface area contributed by atoms with Gasteiger partial charge in [-0.15, -0.1) is 11.3 Å². The number of hydrogen-bond donors (Lipinski definition) is 0. The highest BCUT2D eigenvalue weighted by Gasteiger charge is 1.98. The Hall–Kier alpha value is -0.790. The van der Waals surface area contributed by atoms with Crippen LogP contribution in [0.3, 0.4) is 0 Å². The van der Waals surface area contributed by atoms with Crippen LogP contribution in [-0.4, -0.2) is 0 Å². The Morgan fingerprint density at radius 1 is 1.08 bits per heavy atom. The van der Waals surface area contributed by atoms with Gasteiger partial charge in [0.15, 0.2) is 0 Å². The fraction of sp³-hybridized carbons (Fsp3) is 0. The van der Waals surface area contributed by atoms with E-state index < -0.39 is 0 Å². The Kier molecular flexibility index (Phi) is 2.15. The third-order valence-corrected chi connectivity index (χ3v) is 2.95. The Morgan fingerprint density at radius 3 is 2.42 bits per heavy atom. The van der Waals surface area contributed by atoms with Gasteiger partial charge in [-0.2, -0.15) is 0 Å². The summed E-state index contributed by atoms with van der Waals surface area (Å²) in [6.45, 7) is 0. The first-order chi connectivity index (χ1) is 5.86. The molecule has 0 radical (unpaired) electrons. The van der Waals surface area contributed by atoms with Crippen molar-refractivity contribution in [2.75, 3.05) is 0 Å². The van der Waals surface area contributed by atoms with Gasteiger partial charge in [0.25, 0.3) is 0 Å². The van der Waals surface area contributed by atoms with Crippen LogP contribution in [-0.2, 0) is 0 Å². The molecule has 0 atom stereocenters. The summed E-state index contributed by atoms with van der Waals surface area (Å²) in [7, 11) is 0. The summed E-state index contributed by atoms with van der Waals surface area (Å²) in [5.41, 5.74) is 1.23. The largest absolute Gasteiger partial charge is 0.142 e. The van der Waals surface area contributed by atoms with E-state index in [-0.39, 0.29) is 0 Å². The zero-order valence-corrected chi connectivity index (χ0v) is 7.90. The standard InChI is InChI=1S/C10H7ClS/c11-9-6-10(12-7-9)8-4-2-1-3-5-8/h1-7H. The molecule has 0 bridgehead atoms. The number of hydrogen-bond acceptors (Lipinski definition) is 1. The van der Waals surface area contributed by atoms with Gasteiger partial charge in [-0.3, -0.25) is 0 Å². The summed E-state index contributed by atoms with van der Waals surface area (Å²) >= 11 is 7.49. The molecule has 60 valence electrons. The molecule has 0 nitrogen and oxygen atoms in total. The third kappa shape index (κ3) is 1.52. The van der Waals surface area contributed by atoms with Crippen LogP contribution >= 0.6 is 22.9 Å². The number of halogens is 1. The van der Waals surface area contributed by atoms with Crippen LogP contribution in [0.2, 0.25) is 5.02 Å². The second kappa shape index (κ2) is 3.30. The minimum absolute atomic E-state index is 0.818. The van der Waals surface area contributed by atoms with E-state index in [1.807, 2.05) is 29.6 Å². The molecule has 2 rings (SSSR count). The fourth-order valence-electron chi connectivity index (χ4n) is 1.07. The van der Waals surface area contributed by atoms with Crippen LogP contribution in [0.5, 0.6) is 0 Å². The van der Waals surface area contributed by atoms with E-state index in [9.17, 15) is 0 Å². The first-order valence-corrected chi connectivity index (χ1v) is 4.91. The highest BCUT2D eigenvalue weighted by atomic mass is 35.5. The molecular weight excluding hydrogens is 188 g/mol. The molecule has 1 aromatic heterocycles. The minimum Gasteiger partial charge on any atom is -0.142 e. The lowest BCUT2D eigenvalue weighted by molar-refractivity contribution is 1.70. The molecule has 0 fully saturated rings. The lowest BCUT2D eigenvalue weighted by Crippen LogP contribution is -1.67. The average molecular weight is 195 g/mol. The van der Waals surface area contributed by atoms with Crippen LogP contribution in [0, 0.1) is 0 Å². The van der Waals surface area contributed by atoms with Gasteiger partial charge < -0.3 is 0 Å². The van der Waals surface area contributed by atoms with E-state index in [1.54, 1.807) is 11.3 Å². The smallest absolute Gasteiger partial charge is 0.0519 e. The lowest BCUT2D eigenvalue weighted by Gasteiger charge is -1.93. The first-order valence-electron chi connectivity index (χ1n) is 3.66. The van der Waals surface area contributed by atoms with Crippen LogP contribution < -0.4 is 0 Å². The molecule has 0 aliphatic carbocycles. The SMILES string of the molecule is Clc1csc(-c2ccccc2)c1. The van der Waals surface area contributed by atoms with Crippen molar-refractivity contribution in [3.8, 4) is 10.4 Å². The molecule has 0 amide bonds. The van der Waals surface area contributed by atoms with Crippen molar-refractivity contribution in [1.82, 2.24) is 0 Å². The Bertz CT molecular complexity index is 364. The molecule has 12 heavy (non-hydrogen) atoms. The third-order valence-electron chi connectivity index (χ3n) is 1.63. The molecule has 0 unspecified atom stereocenters. The van der Waals surface area contributed by atoms with Crippen LogP contribution in [0.15, 0.2) is 41.8 Å². The maximum Gasteiger partial charge on any atom is 0.0519 e. The highest BCUT2D eigenvalue weighted by molar-refractivity contribution is 7.14. The Balaban J connectivity index is 2.45. The minimum atomic E-state index is 0.818. The van der Waals surface area contributed by atoms with Gasteiger partial charge in [-0.05, 0) is 11.6 Å². The van der Waals surface area contributed by atoms with Crippen molar-refractivity contribution in [2.24, 2.45) is 0 Å². The molecule has 2 aromatic rings. The van der Waals surface area contributed by atoms with Gasteiger partial charge in [0, 0.05) is 10.3 Å². The summed E-state index contributed by atoms with van der Waals surface area (Å²) in [6, 6.07) is 12.2. The Morgan fingerprint density at radius 2 is 1.83 bits per heavy atom. The highest BCUT2D eigenvalue weighted by Crippen LogP contribution is 2.28. The van der Waals surface area contributed by atoms with E-state index >= 15 is 0 Å². The number of rotatable bonds is 1. The van der Waals surface area contributed by atoms with E-state index in [4.69, 9.17) is 11.6 Å². The fourth-order valence-corrected chi connectivity index (χ4v) is 2.15. The van der Waals surface area contributed by atoms with E-state index in [1.165, 1.54) is 10.4 Å². The molecule has 0 aliphatic rings. The first kappa shape index (κ1) is 7.84. The summed E-state index contributed by atoms with van der Waals surface area (Å²) in [5.74, 6) is 0. The summed E-state index contributed by atoms with van der Waals surface area (Å²) in [6.07, 6.45) is 0. The van der Waals surface area contributed by atoms with Crippen molar-refractivity contribution in [1.29, 1.82) is 0 Å². The van der Waals surface area contributed by atoms with Crippen molar-refractivity contribution in [2.45, 2.75) is 0 Å². The topological polar surface area (TPSA) is 0 Å². The van der Waals surface area contributed by atoms with E-state index in [0.717, 1.165) is 5.02 Å².